The van der Waals surface area contributed by atoms with Crippen LogP contribution in [0.25, 0.3) is 0 Å². The lowest BCUT2D eigenvalue weighted by molar-refractivity contribution is 0.103. The van der Waals surface area contributed by atoms with Crippen LogP contribution in [0.4, 0.5) is 5.69 Å². The molecule has 1 aromatic carbocycles. The summed E-state index contributed by atoms with van der Waals surface area (Å²) in [5, 5.41) is 2.91. The first-order chi connectivity index (χ1) is 7.66. The van der Waals surface area contributed by atoms with Crippen molar-refractivity contribution in [1.29, 1.82) is 0 Å². The van der Waals surface area contributed by atoms with Crippen molar-refractivity contribution in [3.05, 3.63) is 51.7 Å². The summed E-state index contributed by atoms with van der Waals surface area (Å²) >= 11 is 1.51. The van der Waals surface area contributed by atoms with E-state index < -0.39 is 0 Å². The number of carbonyl (C=O) groups excluding carboxylic acids is 1. The minimum absolute atomic E-state index is 0.0348. The van der Waals surface area contributed by atoms with Crippen molar-refractivity contribution in [3.8, 4) is 0 Å². The summed E-state index contributed by atoms with van der Waals surface area (Å²) in [6, 6.07) is 11.6. The Morgan fingerprint density at radius 3 is 2.50 bits per heavy atom. The third kappa shape index (κ3) is 2.31. The average Bonchev–Trinajstić information content (AvgIpc) is 2.68. The highest BCUT2D eigenvalue weighted by Crippen LogP contribution is 2.19. The number of anilines is 1. The maximum absolute atomic E-state index is 11.9. The number of thiophene rings is 1. The van der Waals surface area contributed by atoms with Gasteiger partial charge in [-0.25, -0.2) is 0 Å². The Morgan fingerprint density at radius 2 is 1.88 bits per heavy atom. The Morgan fingerprint density at radius 1 is 1.12 bits per heavy atom. The van der Waals surface area contributed by atoms with Gasteiger partial charge in [0.05, 0.1) is 4.88 Å². The Bertz CT molecular complexity index is 516. The smallest absolute Gasteiger partial charge is 0.265 e. The van der Waals surface area contributed by atoms with Gasteiger partial charge in [-0.2, -0.15) is 0 Å². The molecule has 16 heavy (non-hydrogen) atoms. The van der Waals surface area contributed by atoms with E-state index in [1.165, 1.54) is 11.3 Å². The number of hydrogen-bond donors (Lipinski definition) is 1. The summed E-state index contributed by atoms with van der Waals surface area (Å²) in [5.74, 6) is -0.0348. The van der Waals surface area contributed by atoms with E-state index >= 15 is 0 Å². The van der Waals surface area contributed by atoms with Crippen molar-refractivity contribution >= 4 is 22.9 Å². The molecule has 1 N–H and O–H groups in total. The zero-order chi connectivity index (χ0) is 11.5. The number of benzene rings is 1. The van der Waals surface area contributed by atoms with Gasteiger partial charge in [-0.1, -0.05) is 18.2 Å². The van der Waals surface area contributed by atoms with Crippen molar-refractivity contribution in [2.45, 2.75) is 13.8 Å². The van der Waals surface area contributed by atoms with E-state index in [1.807, 2.05) is 50.2 Å². The first-order valence-corrected chi connectivity index (χ1v) is 5.92. The number of hydrogen-bond acceptors (Lipinski definition) is 2. The second-order valence-corrected chi connectivity index (χ2v) is 4.97. The van der Waals surface area contributed by atoms with Crippen LogP contribution in [0.5, 0.6) is 0 Å². The molecule has 2 nitrogen and oxygen atoms in total. The van der Waals surface area contributed by atoms with Gasteiger partial charge in [-0.15, -0.1) is 11.3 Å². The molecule has 2 rings (SSSR count). The normalized spacial score (nSPS) is 10.1. The fourth-order valence-electron chi connectivity index (χ4n) is 1.45. The molecule has 0 aliphatic rings. The van der Waals surface area contributed by atoms with Crippen LogP contribution in [0.3, 0.4) is 0 Å². The van der Waals surface area contributed by atoms with Crippen molar-refractivity contribution in [1.82, 2.24) is 0 Å². The van der Waals surface area contributed by atoms with E-state index in [0.29, 0.717) is 0 Å². The van der Waals surface area contributed by atoms with Crippen LogP contribution in [0.15, 0.2) is 36.4 Å². The highest BCUT2D eigenvalue weighted by Gasteiger charge is 2.08. The molecule has 0 fully saturated rings. The first-order valence-electron chi connectivity index (χ1n) is 5.10. The number of nitrogens with one attached hydrogen (secondary N) is 1. The number of carbonyl (C=O) groups is 1. The van der Waals surface area contributed by atoms with Crippen molar-refractivity contribution in [2.75, 3.05) is 5.32 Å². The SMILES string of the molecule is Cc1ccc(C(=O)Nc2ccccc2C)s1. The molecule has 0 spiro atoms. The number of para-hydroxylation sites is 1. The van der Waals surface area contributed by atoms with Crippen LogP contribution in [-0.2, 0) is 0 Å². The zero-order valence-electron chi connectivity index (χ0n) is 9.28. The summed E-state index contributed by atoms with van der Waals surface area (Å²) < 4.78 is 0. The topological polar surface area (TPSA) is 29.1 Å². The number of rotatable bonds is 2. The molecule has 0 bridgehead atoms. The zero-order valence-corrected chi connectivity index (χ0v) is 10.1. The molecular formula is C13H13NOS. The van der Waals surface area contributed by atoms with Crippen LogP contribution >= 0.6 is 11.3 Å². The van der Waals surface area contributed by atoms with Gasteiger partial charge >= 0.3 is 0 Å². The lowest BCUT2D eigenvalue weighted by Gasteiger charge is -2.06. The van der Waals surface area contributed by atoms with Crippen LogP contribution < -0.4 is 5.32 Å². The molecule has 0 saturated heterocycles. The van der Waals surface area contributed by atoms with Crippen LogP contribution in [0.1, 0.15) is 20.1 Å². The van der Waals surface area contributed by atoms with Gasteiger partial charge in [0, 0.05) is 10.6 Å². The molecule has 0 radical (unpaired) electrons. The molecule has 1 heterocycles. The molecule has 2 aromatic rings. The van der Waals surface area contributed by atoms with Crippen molar-refractivity contribution in [3.63, 3.8) is 0 Å². The fourth-order valence-corrected chi connectivity index (χ4v) is 2.22. The van der Waals surface area contributed by atoms with Crippen molar-refractivity contribution in [2.24, 2.45) is 0 Å². The molecule has 0 saturated carbocycles. The summed E-state index contributed by atoms with van der Waals surface area (Å²) in [6.07, 6.45) is 0. The summed E-state index contributed by atoms with van der Waals surface area (Å²) in [4.78, 5) is 13.8. The Hall–Kier alpha value is -1.61. The molecule has 3 heteroatoms. The summed E-state index contributed by atoms with van der Waals surface area (Å²) in [6.45, 7) is 3.98. The predicted octanol–water partition coefficient (Wildman–Crippen LogP) is 3.62. The molecule has 0 aliphatic heterocycles. The second kappa shape index (κ2) is 4.49. The molecule has 1 aromatic heterocycles. The minimum atomic E-state index is -0.0348. The maximum Gasteiger partial charge on any atom is 0.265 e. The van der Waals surface area contributed by atoms with E-state index in [9.17, 15) is 4.79 Å². The van der Waals surface area contributed by atoms with Gasteiger partial charge in [0.15, 0.2) is 0 Å². The van der Waals surface area contributed by atoms with Crippen molar-refractivity contribution < 1.29 is 4.79 Å². The van der Waals surface area contributed by atoms with Gasteiger partial charge < -0.3 is 5.32 Å². The third-order valence-electron chi connectivity index (χ3n) is 2.36. The lowest BCUT2D eigenvalue weighted by Crippen LogP contribution is -2.10. The fraction of sp³-hybridized carbons (Fsp3) is 0.154. The Labute approximate surface area is 98.9 Å². The standard InChI is InChI=1S/C13H13NOS/c1-9-5-3-4-6-11(9)14-13(15)12-8-7-10(2)16-12/h3-8H,1-2H3,(H,14,15). The maximum atomic E-state index is 11.9. The summed E-state index contributed by atoms with van der Waals surface area (Å²) in [7, 11) is 0. The lowest BCUT2D eigenvalue weighted by atomic mass is 10.2. The quantitative estimate of drug-likeness (QED) is 0.840. The minimum Gasteiger partial charge on any atom is -0.321 e. The number of amides is 1. The van der Waals surface area contributed by atoms with Gasteiger partial charge in [0.1, 0.15) is 0 Å². The first kappa shape index (κ1) is 10.9. The van der Waals surface area contributed by atoms with E-state index in [-0.39, 0.29) is 5.91 Å². The molecule has 0 aliphatic carbocycles. The summed E-state index contributed by atoms with van der Waals surface area (Å²) in [5.41, 5.74) is 1.95. The largest absolute Gasteiger partial charge is 0.321 e. The molecule has 0 unspecified atom stereocenters. The average molecular weight is 231 g/mol. The third-order valence-corrected chi connectivity index (χ3v) is 3.36. The Kier molecular flexibility index (Phi) is 3.06. The predicted molar refractivity (Wildman–Crippen MR) is 68.2 cm³/mol. The number of aryl methyl sites for hydroxylation is 2. The van der Waals surface area contributed by atoms with Crippen LogP contribution in [0, 0.1) is 13.8 Å². The highest BCUT2D eigenvalue weighted by molar-refractivity contribution is 7.14. The Balaban J connectivity index is 2.17. The molecule has 0 atom stereocenters. The molecular weight excluding hydrogens is 218 g/mol. The van der Waals surface area contributed by atoms with E-state index in [2.05, 4.69) is 5.32 Å². The van der Waals surface area contributed by atoms with E-state index in [4.69, 9.17) is 0 Å². The monoisotopic (exact) mass is 231 g/mol. The van der Waals surface area contributed by atoms with Gasteiger partial charge in [-0.3, -0.25) is 4.79 Å². The van der Waals surface area contributed by atoms with E-state index in [1.54, 1.807) is 0 Å². The van der Waals surface area contributed by atoms with Gasteiger partial charge in [0.25, 0.3) is 5.91 Å². The molecule has 1 amide bonds. The second-order valence-electron chi connectivity index (χ2n) is 3.68. The van der Waals surface area contributed by atoms with Gasteiger partial charge in [-0.05, 0) is 37.6 Å². The van der Waals surface area contributed by atoms with E-state index in [0.717, 1.165) is 21.0 Å². The molecule has 82 valence electrons. The van der Waals surface area contributed by atoms with Gasteiger partial charge in [0.2, 0.25) is 0 Å². The van der Waals surface area contributed by atoms with Crippen LogP contribution in [0.2, 0.25) is 0 Å². The van der Waals surface area contributed by atoms with Crippen LogP contribution in [-0.4, -0.2) is 5.91 Å². The highest BCUT2D eigenvalue weighted by atomic mass is 32.1.